The molecule has 0 aromatic heterocycles. The quantitative estimate of drug-likeness (QED) is 0.658. The number of benzene rings is 1. The van der Waals surface area contributed by atoms with Crippen LogP contribution in [0.2, 0.25) is 0 Å². The summed E-state index contributed by atoms with van der Waals surface area (Å²) in [5.74, 6) is 0. The summed E-state index contributed by atoms with van der Waals surface area (Å²) in [6, 6.07) is 8.52. The highest BCUT2D eigenvalue weighted by atomic mass is 15.1. The zero-order valence-electron chi connectivity index (χ0n) is 7.75. The predicted octanol–water partition coefficient (Wildman–Crippen LogP) is 2.57. The normalized spacial score (nSPS) is 9.50. The van der Waals surface area contributed by atoms with E-state index >= 15 is 0 Å². The van der Waals surface area contributed by atoms with Crippen molar-refractivity contribution in [2.45, 2.75) is 13.5 Å². The first kappa shape index (κ1) is 8.85. The van der Waals surface area contributed by atoms with Crippen LogP contribution in [-0.2, 0) is 6.54 Å². The molecule has 0 aliphatic heterocycles. The van der Waals surface area contributed by atoms with Crippen LogP contribution >= 0.6 is 0 Å². The van der Waals surface area contributed by atoms with E-state index in [-0.39, 0.29) is 0 Å². The minimum absolute atomic E-state index is 0.936. The molecule has 0 atom stereocenters. The molecule has 0 fully saturated rings. The first-order chi connectivity index (χ1) is 5.72. The Morgan fingerprint density at radius 2 is 2.25 bits per heavy atom. The van der Waals surface area contributed by atoms with Crippen LogP contribution in [0, 0.1) is 6.92 Å². The summed E-state index contributed by atoms with van der Waals surface area (Å²) in [5, 5.41) is 0. The Morgan fingerprint density at radius 1 is 1.50 bits per heavy atom. The van der Waals surface area contributed by atoms with Gasteiger partial charge in [0, 0.05) is 13.6 Å². The Morgan fingerprint density at radius 3 is 2.83 bits per heavy atom. The molecule has 0 N–H and O–H groups in total. The van der Waals surface area contributed by atoms with Gasteiger partial charge in [0.05, 0.1) is 0 Å². The Kier molecular flexibility index (Phi) is 2.92. The number of nitrogens with zero attached hydrogens (tertiary/aromatic N) is 1. The van der Waals surface area contributed by atoms with Gasteiger partial charge in [-0.3, -0.25) is 0 Å². The average Bonchev–Trinajstić information content (AvgIpc) is 2.04. The van der Waals surface area contributed by atoms with Crippen LogP contribution in [0.15, 0.2) is 37.0 Å². The molecule has 1 rings (SSSR count). The molecule has 0 saturated heterocycles. The van der Waals surface area contributed by atoms with E-state index in [4.69, 9.17) is 0 Å². The SMILES string of the molecule is C=CN(C)Cc1cccc(C)c1. The van der Waals surface area contributed by atoms with E-state index in [0.717, 1.165) is 6.54 Å². The first-order valence-electron chi connectivity index (χ1n) is 4.10. The molecular weight excluding hydrogens is 146 g/mol. The molecule has 0 bridgehead atoms. The van der Waals surface area contributed by atoms with E-state index < -0.39 is 0 Å². The van der Waals surface area contributed by atoms with Gasteiger partial charge in [0.15, 0.2) is 0 Å². The third-order valence-corrected chi connectivity index (χ3v) is 1.83. The molecule has 64 valence electrons. The van der Waals surface area contributed by atoms with E-state index in [1.807, 2.05) is 13.2 Å². The van der Waals surface area contributed by atoms with E-state index in [1.54, 1.807) is 0 Å². The van der Waals surface area contributed by atoms with Gasteiger partial charge in [-0.1, -0.05) is 36.4 Å². The van der Waals surface area contributed by atoms with Gasteiger partial charge in [0.2, 0.25) is 0 Å². The fourth-order valence-electron chi connectivity index (χ4n) is 1.16. The van der Waals surface area contributed by atoms with Crippen LogP contribution in [0.3, 0.4) is 0 Å². The zero-order valence-corrected chi connectivity index (χ0v) is 7.75. The van der Waals surface area contributed by atoms with Crippen LogP contribution in [0.25, 0.3) is 0 Å². The molecule has 0 aliphatic carbocycles. The fourth-order valence-corrected chi connectivity index (χ4v) is 1.16. The van der Waals surface area contributed by atoms with Crippen LogP contribution in [0.1, 0.15) is 11.1 Å². The maximum atomic E-state index is 3.71. The monoisotopic (exact) mass is 161 g/mol. The number of rotatable bonds is 3. The summed E-state index contributed by atoms with van der Waals surface area (Å²) in [5.41, 5.74) is 2.64. The highest BCUT2D eigenvalue weighted by Gasteiger charge is 1.94. The summed E-state index contributed by atoms with van der Waals surface area (Å²) in [6.45, 7) is 6.75. The maximum Gasteiger partial charge on any atom is 0.0420 e. The molecule has 0 aliphatic rings. The van der Waals surface area contributed by atoms with Gasteiger partial charge in [-0.05, 0) is 18.7 Å². The smallest absolute Gasteiger partial charge is 0.0420 e. The molecule has 0 heterocycles. The molecule has 0 radical (unpaired) electrons. The van der Waals surface area contributed by atoms with Gasteiger partial charge in [-0.15, -0.1) is 0 Å². The van der Waals surface area contributed by atoms with Gasteiger partial charge in [-0.2, -0.15) is 0 Å². The van der Waals surface area contributed by atoms with Crippen molar-refractivity contribution in [3.8, 4) is 0 Å². The van der Waals surface area contributed by atoms with Gasteiger partial charge < -0.3 is 4.90 Å². The summed E-state index contributed by atoms with van der Waals surface area (Å²) in [7, 11) is 2.02. The molecule has 1 aromatic carbocycles. The Hall–Kier alpha value is -1.24. The summed E-state index contributed by atoms with van der Waals surface area (Å²) in [4.78, 5) is 2.06. The van der Waals surface area contributed by atoms with Gasteiger partial charge >= 0.3 is 0 Å². The second-order valence-corrected chi connectivity index (χ2v) is 3.09. The topological polar surface area (TPSA) is 3.24 Å². The number of aryl methyl sites for hydroxylation is 1. The Labute approximate surface area is 74.3 Å². The van der Waals surface area contributed by atoms with Crippen molar-refractivity contribution >= 4 is 0 Å². The second-order valence-electron chi connectivity index (χ2n) is 3.09. The predicted molar refractivity (Wildman–Crippen MR) is 52.8 cm³/mol. The molecule has 1 nitrogen and oxygen atoms in total. The lowest BCUT2D eigenvalue weighted by atomic mass is 10.1. The minimum atomic E-state index is 0.936. The highest BCUT2D eigenvalue weighted by molar-refractivity contribution is 5.22. The molecular formula is C11H15N. The molecule has 1 aromatic rings. The zero-order chi connectivity index (χ0) is 8.97. The summed E-state index contributed by atoms with van der Waals surface area (Å²) < 4.78 is 0. The van der Waals surface area contributed by atoms with Crippen LogP contribution < -0.4 is 0 Å². The lowest BCUT2D eigenvalue weighted by Crippen LogP contribution is -2.08. The standard InChI is InChI=1S/C11H15N/c1-4-12(3)9-11-7-5-6-10(2)8-11/h4-8H,1,9H2,2-3H3. The van der Waals surface area contributed by atoms with Crippen molar-refractivity contribution < 1.29 is 0 Å². The average molecular weight is 161 g/mol. The summed E-state index contributed by atoms with van der Waals surface area (Å²) >= 11 is 0. The molecule has 12 heavy (non-hydrogen) atoms. The Bertz CT molecular complexity index is 265. The Balaban J connectivity index is 2.69. The number of hydrogen-bond donors (Lipinski definition) is 0. The van der Waals surface area contributed by atoms with Crippen LogP contribution in [0.5, 0.6) is 0 Å². The van der Waals surface area contributed by atoms with Crippen molar-refractivity contribution in [2.75, 3.05) is 7.05 Å². The third-order valence-electron chi connectivity index (χ3n) is 1.83. The fraction of sp³-hybridized carbons (Fsp3) is 0.273. The van der Waals surface area contributed by atoms with Crippen LogP contribution in [-0.4, -0.2) is 11.9 Å². The van der Waals surface area contributed by atoms with Crippen molar-refractivity contribution in [2.24, 2.45) is 0 Å². The van der Waals surface area contributed by atoms with E-state index in [0.29, 0.717) is 0 Å². The lowest BCUT2D eigenvalue weighted by Gasteiger charge is -2.13. The van der Waals surface area contributed by atoms with Gasteiger partial charge in [0.25, 0.3) is 0 Å². The third kappa shape index (κ3) is 2.42. The highest BCUT2D eigenvalue weighted by Crippen LogP contribution is 2.06. The largest absolute Gasteiger partial charge is 0.377 e. The summed E-state index contributed by atoms with van der Waals surface area (Å²) in [6.07, 6.45) is 1.84. The molecule has 0 unspecified atom stereocenters. The van der Waals surface area contributed by atoms with Crippen molar-refractivity contribution in [3.63, 3.8) is 0 Å². The van der Waals surface area contributed by atoms with E-state index in [9.17, 15) is 0 Å². The molecule has 0 spiro atoms. The maximum absolute atomic E-state index is 3.71. The van der Waals surface area contributed by atoms with Gasteiger partial charge in [0.1, 0.15) is 0 Å². The minimum Gasteiger partial charge on any atom is -0.377 e. The van der Waals surface area contributed by atoms with E-state index in [1.165, 1.54) is 11.1 Å². The molecule has 0 amide bonds. The van der Waals surface area contributed by atoms with Crippen molar-refractivity contribution in [1.82, 2.24) is 4.90 Å². The second kappa shape index (κ2) is 3.96. The van der Waals surface area contributed by atoms with Crippen molar-refractivity contribution in [1.29, 1.82) is 0 Å². The molecule has 1 heteroatoms. The van der Waals surface area contributed by atoms with Gasteiger partial charge in [-0.25, -0.2) is 0 Å². The first-order valence-corrected chi connectivity index (χ1v) is 4.10. The van der Waals surface area contributed by atoms with Crippen LogP contribution in [0.4, 0.5) is 0 Å². The molecule has 0 saturated carbocycles. The van der Waals surface area contributed by atoms with E-state index in [2.05, 4.69) is 42.7 Å². The van der Waals surface area contributed by atoms with Crippen molar-refractivity contribution in [3.05, 3.63) is 48.2 Å². The lowest BCUT2D eigenvalue weighted by molar-refractivity contribution is 0.452. The number of hydrogen-bond acceptors (Lipinski definition) is 1.